The van der Waals surface area contributed by atoms with Crippen molar-refractivity contribution < 1.29 is 18.3 Å². The quantitative estimate of drug-likeness (QED) is 0.616. The maximum atomic E-state index is 12.6. The predicted octanol–water partition coefficient (Wildman–Crippen LogP) is 3.29. The lowest BCUT2D eigenvalue weighted by atomic mass is 9.96. The van der Waals surface area contributed by atoms with Crippen molar-refractivity contribution >= 4 is 5.96 Å². The van der Waals surface area contributed by atoms with E-state index in [0.717, 1.165) is 12.8 Å². The summed E-state index contributed by atoms with van der Waals surface area (Å²) >= 11 is 0. The molecule has 5 nitrogen and oxygen atoms in total. The van der Waals surface area contributed by atoms with Crippen molar-refractivity contribution in [1.29, 1.82) is 0 Å². The van der Waals surface area contributed by atoms with Crippen molar-refractivity contribution in [2.24, 2.45) is 4.99 Å². The van der Waals surface area contributed by atoms with Gasteiger partial charge in [0.15, 0.2) is 5.96 Å². The number of halogens is 2. The molecular formula is C17H25F2N3O2. The monoisotopic (exact) mass is 341 g/mol. The molecule has 1 aliphatic carbocycles. The number of aliphatic imine (C=N–C) groups is 1. The first-order valence-electron chi connectivity index (χ1n) is 8.21. The van der Waals surface area contributed by atoms with Crippen molar-refractivity contribution in [1.82, 2.24) is 10.6 Å². The van der Waals surface area contributed by atoms with Crippen LogP contribution in [0.1, 0.15) is 37.7 Å². The Morgan fingerprint density at radius 3 is 2.67 bits per heavy atom. The van der Waals surface area contributed by atoms with Crippen molar-refractivity contribution in [3.63, 3.8) is 0 Å². The number of hydrogen-bond donors (Lipinski definition) is 2. The van der Waals surface area contributed by atoms with Gasteiger partial charge in [-0.3, -0.25) is 4.99 Å². The summed E-state index contributed by atoms with van der Waals surface area (Å²) < 4.78 is 34.8. The first-order valence-corrected chi connectivity index (χ1v) is 8.21. The lowest BCUT2D eigenvalue weighted by molar-refractivity contribution is -0.0505. The minimum atomic E-state index is -2.88. The van der Waals surface area contributed by atoms with E-state index in [0.29, 0.717) is 29.9 Å². The summed E-state index contributed by atoms with van der Waals surface area (Å²) in [7, 11) is 3.18. The second kappa shape index (κ2) is 9.30. The lowest BCUT2D eigenvalue weighted by Gasteiger charge is -2.25. The molecule has 0 aromatic heterocycles. The molecule has 24 heavy (non-hydrogen) atoms. The van der Waals surface area contributed by atoms with Crippen LogP contribution in [0.4, 0.5) is 8.78 Å². The Kier molecular flexibility index (Phi) is 7.08. The summed E-state index contributed by atoms with van der Waals surface area (Å²) in [5.41, 5.74) is 0.614. The Bertz CT molecular complexity index is 547. The molecule has 2 rings (SSSR count). The third-order valence-electron chi connectivity index (χ3n) is 4.11. The Labute approximate surface area is 141 Å². The van der Waals surface area contributed by atoms with Gasteiger partial charge in [-0.15, -0.1) is 0 Å². The molecule has 0 atom stereocenters. The summed E-state index contributed by atoms with van der Waals surface area (Å²) in [5.74, 6) is 1.24. The number of nitrogens with one attached hydrogen (secondary N) is 2. The summed E-state index contributed by atoms with van der Waals surface area (Å²) in [6.45, 7) is -2.55. The van der Waals surface area contributed by atoms with Gasteiger partial charge >= 0.3 is 6.61 Å². The van der Waals surface area contributed by atoms with E-state index in [1.54, 1.807) is 19.2 Å². The van der Waals surface area contributed by atoms with E-state index in [-0.39, 0.29) is 5.75 Å². The minimum absolute atomic E-state index is 0.102. The highest BCUT2D eigenvalue weighted by Gasteiger charge is 2.15. The van der Waals surface area contributed by atoms with Gasteiger partial charge in [0.25, 0.3) is 0 Å². The van der Waals surface area contributed by atoms with E-state index in [1.807, 2.05) is 0 Å². The zero-order chi connectivity index (χ0) is 17.4. The molecule has 7 heteroatoms. The van der Waals surface area contributed by atoms with E-state index in [1.165, 1.54) is 32.4 Å². The fourth-order valence-corrected chi connectivity index (χ4v) is 2.83. The fraction of sp³-hybridized carbons (Fsp3) is 0.588. The van der Waals surface area contributed by atoms with E-state index < -0.39 is 6.61 Å². The zero-order valence-electron chi connectivity index (χ0n) is 14.1. The van der Waals surface area contributed by atoms with Crippen LogP contribution in [0.25, 0.3) is 0 Å². The highest BCUT2D eigenvalue weighted by atomic mass is 19.3. The van der Waals surface area contributed by atoms with E-state index in [4.69, 9.17) is 4.74 Å². The molecule has 2 N–H and O–H groups in total. The largest absolute Gasteiger partial charge is 0.497 e. The fourth-order valence-electron chi connectivity index (χ4n) is 2.83. The van der Waals surface area contributed by atoms with Gasteiger partial charge in [0.2, 0.25) is 0 Å². The molecule has 1 aromatic rings. The summed E-state index contributed by atoms with van der Waals surface area (Å²) in [4.78, 5) is 4.20. The lowest BCUT2D eigenvalue weighted by Crippen LogP contribution is -2.43. The van der Waals surface area contributed by atoms with Crippen molar-refractivity contribution in [2.75, 3.05) is 14.2 Å². The minimum Gasteiger partial charge on any atom is -0.497 e. The number of guanidine groups is 1. The van der Waals surface area contributed by atoms with Crippen LogP contribution in [0, 0.1) is 0 Å². The maximum Gasteiger partial charge on any atom is 0.387 e. The maximum absolute atomic E-state index is 12.6. The van der Waals surface area contributed by atoms with Gasteiger partial charge in [-0.1, -0.05) is 19.3 Å². The molecule has 0 spiro atoms. The number of alkyl halides is 2. The summed E-state index contributed by atoms with van der Waals surface area (Å²) in [5, 5.41) is 6.54. The average molecular weight is 341 g/mol. The molecule has 0 radical (unpaired) electrons. The van der Waals surface area contributed by atoms with Crippen LogP contribution < -0.4 is 20.1 Å². The molecule has 0 aliphatic heterocycles. The van der Waals surface area contributed by atoms with Crippen molar-refractivity contribution in [3.8, 4) is 11.5 Å². The van der Waals surface area contributed by atoms with E-state index in [9.17, 15) is 8.78 Å². The number of benzene rings is 1. The van der Waals surface area contributed by atoms with Crippen LogP contribution in [0.3, 0.4) is 0 Å². The Hall–Kier alpha value is -2.05. The third-order valence-corrected chi connectivity index (χ3v) is 4.11. The van der Waals surface area contributed by atoms with Crippen LogP contribution in [-0.4, -0.2) is 32.8 Å². The summed E-state index contributed by atoms with van der Waals surface area (Å²) in [6, 6.07) is 5.29. The average Bonchev–Trinajstić information content (AvgIpc) is 2.59. The molecule has 0 amide bonds. The van der Waals surface area contributed by atoms with Crippen molar-refractivity contribution in [3.05, 3.63) is 23.8 Å². The first kappa shape index (κ1) is 18.3. The van der Waals surface area contributed by atoms with Crippen LogP contribution in [-0.2, 0) is 6.54 Å². The Morgan fingerprint density at radius 1 is 1.29 bits per heavy atom. The zero-order valence-corrected chi connectivity index (χ0v) is 14.1. The molecule has 1 aliphatic rings. The molecule has 0 heterocycles. The second-order valence-corrected chi connectivity index (χ2v) is 5.76. The standard InChI is InChI=1S/C17H25F2N3O2/c1-20-17(22-13-6-4-3-5-7-13)21-11-12-8-9-14(23-2)10-15(12)24-16(18)19/h8-10,13,16H,3-7,11H2,1-2H3,(H2,20,21,22). The SMILES string of the molecule is CN=C(NCc1ccc(OC)cc1OC(F)F)NC1CCCCC1. The number of nitrogens with zero attached hydrogens (tertiary/aromatic N) is 1. The van der Waals surface area contributed by atoms with Crippen LogP contribution in [0.15, 0.2) is 23.2 Å². The highest BCUT2D eigenvalue weighted by molar-refractivity contribution is 5.80. The van der Waals surface area contributed by atoms with Gasteiger partial charge in [-0.2, -0.15) is 8.78 Å². The molecule has 1 saturated carbocycles. The number of rotatable bonds is 6. The summed E-state index contributed by atoms with van der Waals surface area (Å²) in [6.07, 6.45) is 5.98. The number of hydrogen-bond acceptors (Lipinski definition) is 3. The number of ether oxygens (including phenoxy) is 2. The number of methoxy groups -OCH3 is 1. The predicted molar refractivity (Wildman–Crippen MR) is 89.8 cm³/mol. The van der Waals surface area contributed by atoms with Gasteiger partial charge in [0.05, 0.1) is 7.11 Å². The van der Waals surface area contributed by atoms with E-state index in [2.05, 4.69) is 20.4 Å². The third kappa shape index (κ3) is 5.54. The van der Waals surface area contributed by atoms with E-state index >= 15 is 0 Å². The van der Waals surface area contributed by atoms with Crippen molar-refractivity contribution in [2.45, 2.75) is 51.3 Å². The smallest absolute Gasteiger partial charge is 0.387 e. The van der Waals surface area contributed by atoms with Crippen LogP contribution in [0.2, 0.25) is 0 Å². The van der Waals surface area contributed by atoms with Gasteiger partial charge in [-0.05, 0) is 25.0 Å². The molecule has 1 fully saturated rings. The van der Waals surface area contributed by atoms with Gasteiger partial charge in [-0.25, -0.2) is 0 Å². The molecule has 1 aromatic carbocycles. The normalized spacial score (nSPS) is 16.1. The Morgan fingerprint density at radius 2 is 2.04 bits per heavy atom. The first-order chi connectivity index (χ1) is 11.6. The van der Waals surface area contributed by atoms with Gasteiger partial charge < -0.3 is 20.1 Å². The molecule has 0 saturated heterocycles. The Balaban J connectivity index is 1.98. The topological polar surface area (TPSA) is 54.9 Å². The molecular weight excluding hydrogens is 316 g/mol. The molecule has 0 unspecified atom stereocenters. The van der Waals surface area contributed by atoms with Gasteiger partial charge in [0.1, 0.15) is 11.5 Å². The van der Waals surface area contributed by atoms with Crippen LogP contribution >= 0.6 is 0 Å². The van der Waals surface area contributed by atoms with Gasteiger partial charge in [0, 0.05) is 31.3 Å². The highest BCUT2D eigenvalue weighted by Crippen LogP contribution is 2.26. The second-order valence-electron chi connectivity index (χ2n) is 5.76. The molecule has 0 bridgehead atoms. The molecule has 134 valence electrons. The van der Waals surface area contributed by atoms with Crippen LogP contribution in [0.5, 0.6) is 11.5 Å².